The SMILES string of the molecule is CC(C)(Oc1ccc(Cl)cc1)C(=O)c1cncnc1. The molecular weight excluding hydrogens is 264 g/mol. The highest BCUT2D eigenvalue weighted by Crippen LogP contribution is 2.23. The molecule has 19 heavy (non-hydrogen) atoms. The average Bonchev–Trinajstić information content (AvgIpc) is 2.41. The van der Waals surface area contributed by atoms with Crippen molar-refractivity contribution in [3.8, 4) is 5.75 Å². The summed E-state index contributed by atoms with van der Waals surface area (Å²) >= 11 is 5.80. The molecule has 0 spiro atoms. The molecular formula is C14H13ClN2O2. The average molecular weight is 277 g/mol. The lowest BCUT2D eigenvalue weighted by Gasteiger charge is -2.24. The van der Waals surface area contributed by atoms with Gasteiger partial charge in [-0.05, 0) is 38.1 Å². The summed E-state index contributed by atoms with van der Waals surface area (Å²) < 4.78 is 5.71. The topological polar surface area (TPSA) is 52.1 Å². The zero-order valence-electron chi connectivity index (χ0n) is 10.6. The highest BCUT2D eigenvalue weighted by Gasteiger charge is 2.31. The van der Waals surface area contributed by atoms with Crippen LogP contribution in [0.15, 0.2) is 43.0 Å². The van der Waals surface area contributed by atoms with Crippen LogP contribution in [0.2, 0.25) is 5.02 Å². The van der Waals surface area contributed by atoms with Crippen LogP contribution in [-0.4, -0.2) is 21.4 Å². The Bertz CT molecular complexity index is 568. The molecule has 0 radical (unpaired) electrons. The molecule has 0 atom stereocenters. The van der Waals surface area contributed by atoms with Gasteiger partial charge in [-0.3, -0.25) is 4.79 Å². The van der Waals surface area contributed by atoms with Gasteiger partial charge in [-0.25, -0.2) is 9.97 Å². The highest BCUT2D eigenvalue weighted by molar-refractivity contribution is 6.30. The number of rotatable bonds is 4. The van der Waals surface area contributed by atoms with E-state index in [2.05, 4.69) is 9.97 Å². The Hall–Kier alpha value is -1.94. The van der Waals surface area contributed by atoms with Gasteiger partial charge in [0.1, 0.15) is 12.1 Å². The summed E-state index contributed by atoms with van der Waals surface area (Å²) in [7, 11) is 0. The molecule has 98 valence electrons. The Labute approximate surface area is 116 Å². The molecule has 0 aliphatic carbocycles. The van der Waals surface area contributed by atoms with E-state index in [0.717, 1.165) is 0 Å². The number of Topliss-reactive ketones (excluding diaryl/α,β-unsaturated/α-hetero) is 1. The van der Waals surface area contributed by atoms with Gasteiger partial charge < -0.3 is 4.74 Å². The molecule has 0 fully saturated rings. The molecule has 5 heteroatoms. The number of hydrogen-bond acceptors (Lipinski definition) is 4. The number of nitrogens with zero attached hydrogens (tertiary/aromatic N) is 2. The normalized spacial score (nSPS) is 11.1. The van der Waals surface area contributed by atoms with Crippen LogP contribution in [-0.2, 0) is 0 Å². The van der Waals surface area contributed by atoms with Crippen LogP contribution < -0.4 is 4.74 Å². The number of halogens is 1. The summed E-state index contributed by atoms with van der Waals surface area (Å²) in [4.78, 5) is 20.0. The summed E-state index contributed by atoms with van der Waals surface area (Å²) in [6.07, 6.45) is 4.33. The highest BCUT2D eigenvalue weighted by atomic mass is 35.5. The van der Waals surface area contributed by atoms with Gasteiger partial charge in [-0.1, -0.05) is 11.6 Å². The Morgan fingerprint density at radius 1 is 1.16 bits per heavy atom. The molecule has 0 saturated carbocycles. The van der Waals surface area contributed by atoms with Gasteiger partial charge in [0, 0.05) is 17.4 Å². The third kappa shape index (κ3) is 3.29. The summed E-state index contributed by atoms with van der Waals surface area (Å²) in [5.74, 6) is 0.405. The zero-order valence-corrected chi connectivity index (χ0v) is 11.4. The number of carbonyl (C=O) groups is 1. The van der Waals surface area contributed by atoms with Gasteiger partial charge in [0.05, 0.1) is 5.56 Å². The fraction of sp³-hybridized carbons (Fsp3) is 0.214. The predicted octanol–water partition coefficient (Wildman–Crippen LogP) is 3.17. The van der Waals surface area contributed by atoms with Crippen LogP contribution in [0.3, 0.4) is 0 Å². The van der Waals surface area contributed by atoms with E-state index in [9.17, 15) is 4.79 Å². The van der Waals surface area contributed by atoms with Gasteiger partial charge in [0.2, 0.25) is 5.78 Å². The lowest BCUT2D eigenvalue weighted by molar-refractivity contribution is 0.0583. The Morgan fingerprint density at radius 2 is 1.74 bits per heavy atom. The first-order valence-corrected chi connectivity index (χ1v) is 6.11. The first kappa shape index (κ1) is 13.5. The zero-order chi connectivity index (χ0) is 13.9. The molecule has 2 rings (SSSR count). The Balaban J connectivity index is 2.18. The second kappa shape index (κ2) is 5.36. The molecule has 1 aromatic heterocycles. The van der Waals surface area contributed by atoms with Crippen molar-refractivity contribution in [1.82, 2.24) is 9.97 Å². The quantitative estimate of drug-likeness (QED) is 0.805. The standard InChI is InChI=1S/C14H13ClN2O2/c1-14(2,13(18)10-7-16-9-17-8-10)19-12-5-3-11(15)4-6-12/h3-9H,1-2H3. The molecule has 0 bridgehead atoms. The van der Waals surface area contributed by atoms with Crippen molar-refractivity contribution in [3.63, 3.8) is 0 Å². The Morgan fingerprint density at radius 3 is 2.32 bits per heavy atom. The maximum atomic E-state index is 12.3. The third-order valence-corrected chi connectivity index (χ3v) is 2.81. The van der Waals surface area contributed by atoms with Crippen LogP contribution in [0.5, 0.6) is 5.75 Å². The number of benzene rings is 1. The minimum atomic E-state index is -1.00. The first-order chi connectivity index (χ1) is 8.99. The van der Waals surface area contributed by atoms with Crippen molar-refractivity contribution in [2.24, 2.45) is 0 Å². The van der Waals surface area contributed by atoms with Crippen LogP contribution >= 0.6 is 11.6 Å². The van der Waals surface area contributed by atoms with Crippen molar-refractivity contribution >= 4 is 17.4 Å². The van der Waals surface area contributed by atoms with E-state index < -0.39 is 5.60 Å². The van der Waals surface area contributed by atoms with E-state index in [4.69, 9.17) is 16.3 Å². The van der Waals surface area contributed by atoms with Crippen molar-refractivity contribution in [2.75, 3.05) is 0 Å². The van der Waals surface area contributed by atoms with E-state index in [-0.39, 0.29) is 5.78 Å². The third-order valence-electron chi connectivity index (χ3n) is 2.56. The maximum absolute atomic E-state index is 12.3. The lowest BCUT2D eigenvalue weighted by atomic mass is 9.98. The molecule has 1 aromatic carbocycles. The van der Waals surface area contributed by atoms with Crippen molar-refractivity contribution < 1.29 is 9.53 Å². The van der Waals surface area contributed by atoms with Crippen molar-refractivity contribution in [2.45, 2.75) is 19.4 Å². The maximum Gasteiger partial charge on any atom is 0.208 e. The van der Waals surface area contributed by atoms with Gasteiger partial charge in [-0.2, -0.15) is 0 Å². The van der Waals surface area contributed by atoms with Crippen LogP contribution in [0.4, 0.5) is 0 Å². The van der Waals surface area contributed by atoms with Gasteiger partial charge in [0.25, 0.3) is 0 Å². The number of ether oxygens (including phenoxy) is 1. The van der Waals surface area contributed by atoms with Crippen LogP contribution in [0.1, 0.15) is 24.2 Å². The molecule has 0 aliphatic rings. The van der Waals surface area contributed by atoms with Gasteiger partial charge in [-0.15, -0.1) is 0 Å². The number of hydrogen-bond donors (Lipinski definition) is 0. The first-order valence-electron chi connectivity index (χ1n) is 5.73. The minimum Gasteiger partial charge on any atom is -0.480 e. The summed E-state index contributed by atoms with van der Waals surface area (Å²) in [6, 6.07) is 6.86. The molecule has 2 aromatic rings. The van der Waals surface area contributed by atoms with Gasteiger partial charge in [0.15, 0.2) is 5.60 Å². The predicted molar refractivity (Wildman–Crippen MR) is 72.5 cm³/mol. The smallest absolute Gasteiger partial charge is 0.208 e. The van der Waals surface area contributed by atoms with Gasteiger partial charge >= 0.3 is 0 Å². The van der Waals surface area contributed by atoms with E-state index >= 15 is 0 Å². The van der Waals surface area contributed by atoms with E-state index in [1.807, 2.05) is 0 Å². The molecule has 0 saturated heterocycles. The van der Waals surface area contributed by atoms with E-state index in [1.54, 1.807) is 38.1 Å². The second-order valence-corrected chi connectivity index (χ2v) is 4.96. The van der Waals surface area contributed by atoms with E-state index in [1.165, 1.54) is 18.7 Å². The van der Waals surface area contributed by atoms with Crippen LogP contribution in [0.25, 0.3) is 0 Å². The van der Waals surface area contributed by atoms with Crippen molar-refractivity contribution in [3.05, 3.63) is 53.6 Å². The summed E-state index contributed by atoms with van der Waals surface area (Å²) in [5, 5.41) is 0.618. The number of carbonyl (C=O) groups excluding carboxylic acids is 1. The summed E-state index contributed by atoms with van der Waals surface area (Å²) in [5.41, 5.74) is -0.583. The number of ketones is 1. The number of aromatic nitrogens is 2. The summed E-state index contributed by atoms with van der Waals surface area (Å²) in [6.45, 7) is 3.41. The van der Waals surface area contributed by atoms with Crippen LogP contribution in [0, 0.1) is 0 Å². The van der Waals surface area contributed by atoms with Crippen molar-refractivity contribution in [1.29, 1.82) is 0 Å². The molecule has 4 nitrogen and oxygen atoms in total. The molecule has 0 unspecified atom stereocenters. The molecule has 0 amide bonds. The lowest BCUT2D eigenvalue weighted by Crippen LogP contribution is -2.38. The fourth-order valence-corrected chi connectivity index (χ4v) is 1.73. The Kier molecular flexibility index (Phi) is 3.81. The fourth-order valence-electron chi connectivity index (χ4n) is 1.61. The van der Waals surface area contributed by atoms with E-state index in [0.29, 0.717) is 16.3 Å². The molecule has 1 heterocycles. The largest absolute Gasteiger partial charge is 0.480 e. The second-order valence-electron chi connectivity index (χ2n) is 4.52. The monoisotopic (exact) mass is 276 g/mol. The molecule has 0 aliphatic heterocycles. The molecule has 0 N–H and O–H groups in total. The minimum absolute atomic E-state index is 0.178.